The maximum absolute atomic E-state index is 13.0. The fourth-order valence-electron chi connectivity index (χ4n) is 4.30. The molecule has 150 valence electrons. The zero-order valence-corrected chi connectivity index (χ0v) is 16.9. The second kappa shape index (κ2) is 7.71. The number of H-pyrrole nitrogens is 1. The molecular weight excluding hydrogens is 374 g/mol. The van der Waals surface area contributed by atoms with Crippen molar-refractivity contribution < 1.29 is 4.79 Å². The van der Waals surface area contributed by atoms with Crippen molar-refractivity contribution in [2.75, 3.05) is 13.1 Å². The van der Waals surface area contributed by atoms with E-state index < -0.39 is 0 Å². The third-order valence-corrected chi connectivity index (χ3v) is 5.90. The Kier molecular flexibility index (Phi) is 4.75. The van der Waals surface area contributed by atoms with Crippen LogP contribution in [-0.2, 0) is 0 Å². The number of carbonyl (C=O) groups is 1. The lowest BCUT2D eigenvalue weighted by Crippen LogP contribution is -2.38. The number of carbonyl (C=O) groups excluding carboxylic acids is 1. The standard InChI is InChI=1S/C24H23N5O/c1-16-3-2-4-18(13-16)20-15-27-28-23(20)17-7-11-29(12-8-17)24(30)19-5-6-21-22(14-19)26-10-9-25-21/h2-6,9-10,13-15,17H,7-8,11-12H2,1H3,(H,27,28). The second-order valence-electron chi connectivity index (χ2n) is 7.89. The van der Waals surface area contributed by atoms with Gasteiger partial charge in [-0.05, 0) is 43.5 Å². The van der Waals surface area contributed by atoms with Crippen LogP contribution in [0.2, 0.25) is 0 Å². The number of likely N-dealkylation sites (tertiary alicyclic amines) is 1. The highest BCUT2D eigenvalue weighted by Crippen LogP contribution is 2.34. The van der Waals surface area contributed by atoms with Gasteiger partial charge in [-0.25, -0.2) is 0 Å². The van der Waals surface area contributed by atoms with E-state index >= 15 is 0 Å². The monoisotopic (exact) mass is 397 g/mol. The Hall–Kier alpha value is -3.54. The number of aryl methyl sites for hydroxylation is 1. The number of nitrogens with one attached hydrogen (secondary N) is 1. The number of hydrogen-bond donors (Lipinski definition) is 1. The Morgan fingerprint density at radius 1 is 1.03 bits per heavy atom. The van der Waals surface area contributed by atoms with Crippen LogP contribution in [0.15, 0.2) is 61.1 Å². The molecule has 0 saturated carbocycles. The molecule has 3 heterocycles. The van der Waals surface area contributed by atoms with E-state index in [2.05, 4.69) is 51.4 Å². The number of piperidine rings is 1. The molecule has 1 aliphatic rings. The van der Waals surface area contributed by atoms with Gasteiger partial charge in [-0.15, -0.1) is 0 Å². The van der Waals surface area contributed by atoms with E-state index in [-0.39, 0.29) is 5.91 Å². The summed E-state index contributed by atoms with van der Waals surface area (Å²) in [6.07, 6.45) is 7.06. The van der Waals surface area contributed by atoms with Gasteiger partial charge in [0, 0.05) is 48.2 Å². The van der Waals surface area contributed by atoms with Crippen molar-refractivity contribution in [1.29, 1.82) is 0 Å². The van der Waals surface area contributed by atoms with Crippen LogP contribution in [-0.4, -0.2) is 44.1 Å². The first-order valence-corrected chi connectivity index (χ1v) is 10.3. The van der Waals surface area contributed by atoms with Crippen molar-refractivity contribution in [2.24, 2.45) is 0 Å². The fourth-order valence-corrected chi connectivity index (χ4v) is 4.30. The van der Waals surface area contributed by atoms with Gasteiger partial charge in [0.1, 0.15) is 0 Å². The average Bonchev–Trinajstić information content (AvgIpc) is 3.28. The van der Waals surface area contributed by atoms with E-state index in [0.29, 0.717) is 11.5 Å². The molecule has 1 aliphatic heterocycles. The summed E-state index contributed by atoms with van der Waals surface area (Å²) in [4.78, 5) is 23.6. The fraction of sp³-hybridized carbons (Fsp3) is 0.250. The number of nitrogens with zero attached hydrogens (tertiary/aromatic N) is 4. The quantitative estimate of drug-likeness (QED) is 0.558. The van der Waals surface area contributed by atoms with Crippen LogP contribution in [0.1, 0.15) is 40.4 Å². The van der Waals surface area contributed by atoms with Gasteiger partial charge in [0.05, 0.1) is 17.2 Å². The summed E-state index contributed by atoms with van der Waals surface area (Å²) in [6.45, 7) is 3.56. The Balaban J connectivity index is 1.31. The molecule has 1 amide bonds. The Morgan fingerprint density at radius 2 is 1.83 bits per heavy atom. The van der Waals surface area contributed by atoms with Crippen molar-refractivity contribution in [2.45, 2.75) is 25.7 Å². The first-order valence-electron chi connectivity index (χ1n) is 10.3. The molecule has 1 N–H and O–H groups in total. The number of aromatic amines is 1. The summed E-state index contributed by atoms with van der Waals surface area (Å²) in [5, 5.41) is 7.54. The first-order chi connectivity index (χ1) is 14.7. The molecule has 6 nitrogen and oxygen atoms in total. The topological polar surface area (TPSA) is 74.8 Å². The van der Waals surface area contributed by atoms with Gasteiger partial charge in [0.25, 0.3) is 5.91 Å². The lowest BCUT2D eigenvalue weighted by atomic mass is 9.89. The molecule has 0 unspecified atom stereocenters. The summed E-state index contributed by atoms with van der Waals surface area (Å²) in [6, 6.07) is 14.0. The number of rotatable bonds is 3. The van der Waals surface area contributed by atoms with Gasteiger partial charge in [-0.1, -0.05) is 29.8 Å². The molecule has 0 atom stereocenters. The summed E-state index contributed by atoms with van der Waals surface area (Å²) in [5.41, 5.74) is 6.98. The van der Waals surface area contributed by atoms with E-state index in [0.717, 1.165) is 42.5 Å². The summed E-state index contributed by atoms with van der Waals surface area (Å²) < 4.78 is 0. The Bertz CT molecular complexity index is 1210. The molecule has 0 aliphatic carbocycles. The lowest BCUT2D eigenvalue weighted by Gasteiger charge is -2.32. The zero-order chi connectivity index (χ0) is 20.5. The number of benzene rings is 2. The van der Waals surface area contributed by atoms with Crippen molar-refractivity contribution in [3.63, 3.8) is 0 Å². The molecule has 2 aromatic carbocycles. The van der Waals surface area contributed by atoms with Crippen molar-refractivity contribution in [3.8, 4) is 11.1 Å². The van der Waals surface area contributed by atoms with Crippen LogP contribution in [0.25, 0.3) is 22.2 Å². The van der Waals surface area contributed by atoms with Gasteiger partial charge in [-0.3, -0.25) is 19.9 Å². The Labute approximate surface area is 175 Å². The molecule has 0 spiro atoms. The molecule has 5 rings (SSSR count). The molecule has 30 heavy (non-hydrogen) atoms. The zero-order valence-electron chi connectivity index (χ0n) is 16.9. The lowest BCUT2D eigenvalue weighted by molar-refractivity contribution is 0.0712. The van der Waals surface area contributed by atoms with Crippen LogP contribution in [0.3, 0.4) is 0 Å². The normalized spacial score (nSPS) is 14.9. The van der Waals surface area contributed by atoms with E-state index in [1.165, 1.54) is 16.8 Å². The van der Waals surface area contributed by atoms with Gasteiger partial charge >= 0.3 is 0 Å². The predicted octanol–water partition coefficient (Wildman–Crippen LogP) is 4.35. The molecule has 6 heteroatoms. The van der Waals surface area contributed by atoms with Crippen molar-refractivity contribution in [1.82, 2.24) is 25.1 Å². The van der Waals surface area contributed by atoms with Gasteiger partial charge < -0.3 is 4.90 Å². The van der Waals surface area contributed by atoms with Gasteiger partial charge in [0.15, 0.2) is 0 Å². The highest BCUT2D eigenvalue weighted by atomic mass is 16.2. The highest BCUT2D eigenvalue weighted by Gasteiger charge is 2.27. The van der Waals surface area contributed by atoms with Crippen LogP contribution >= 0.6 is 0 Å². The van der Waals surface area contributed by atoms with Crippen molar-refractivity contribution in [3.05, 3.63) is 77.9 Å². The van der Waals surface area contributed by atoms with E-state index in [4.69, 9.17) is 0 Å². The van der Waals surface area contributed by atoms with Crippen LogP contribution in [0.5, 0.6) is 0 Å². The number of hydrogen-bond acceptors (Lipinski definition) is 4. The van der Waals surface area contributed by atoms with Gasteiger partial charge in [-0.2, -0.15) is 5.10 Å². The van der Waals surface area contributed by atoms with Gasteiger partial charge in [0.2, 0.25) is 0 Å². The minimum Gasteiger partial charge on any atom is -0.339 e. The van der Waals surface area contributed by atoms with E-state index in [1.54, 1.807) is 12.4 Å². The first kappa shape index (κ1) is 18.5. The minimum atomic E-state index is 0.0597. The third-order valence-electron chi connectivity index (χ3n) is 5.90. The molecule has 2 aromatic heterocycles. The van der Waals surface area contributed by atoms with Crippen molar-refractivity contribution >= 4 is 16.9 Å². The summed E-state index contributed by atoms with van der Waals surface area (Å²) >= 11 is 0. The minimum absolute atomic E-state index is 0.0597. The van der Waals surface area contributed by atoms with Crippen LogP contribution < -0.4 is 0 Å². The smallest absolute Gasteiger partial charge is 0.253 e. The molecule has 1 fully saturated rings. The molecule has 0 radical (unpaired) electrons. The van der Waals surface area contributed by atoms with Crippen LogP contribution in [0.4, 0.5) is 0 Å². The number of amides is 1. The average molecular weight is 397 g/mol. The maximum Gasteiger partial charge on any atom is 0.253 e. The van der Waals surface area contributed by atoms with E-state index in [9.17, 15) is 4.79 Å². The molecule has 4 aromatic rings. The van der Waals surface area contributed by atoms with Crippen LogP contribution in [0, 0.1) is 6.92 Å². The molecular formula is C24H23N5O. The predicted molar refractivity (Wildman–Crippen MR) is 116 cm³/mol. The SMILES string of the molecule is Cc1cccc(-c2cn[nH]c2C2CCN(C(=O)c3ccc4nccnc4c3)CC2)c1. The Morgan fingerprint density at radius 3 is 2.63 bits per heavy atom. The molecule has 0 bridgehead atoms. The maximum atomic E-state index is 13.0. The second-order valence-corrected chi connectivity index (χ2v) is 7.89. The number of aromatic nitrogens is 4. The highest BCUT2D eigenvalue weighted by molar-refractivity contribution is 5.97. The molecule has 1 saturated heterocycles. The largest absolute Gasteiger partial charge is 0.339 e. The van der Waals surface area contributed by atoms with E-state index in [1.807, 2.05) is 29.3 Å². The third kappa shape index (κ3) is 3.45. The number of fused-ring (bicyclic) bond motifs is 1. The summed E-state index contributed by atoms with van der Waals surface area (Å²) in [7, 11) is 0. The summed E-state index contributed by atoms with van der Waals surface area (Å²) in [5.74, 6) is 0.430.